The maximum atomic E-state index is 12.6. The number of likely N-dealkylation sites (tertiary alicyclic amines) is 1. The number of thiophene rings is 1. The molecule has 3 rings (SSSR count). The summed E-state index contributed by atoms with van der Waals surface area (Å²) >= 11 is 1.55. The van der Waals surface area contributed by atoms with Gasteiger partial charge in [0.05, 0.1) is 11.4 Å². The summed E-state index contributed by atoms with van der Waals surface area (Å²) in [6.07, 6.45) is 1.22. The van der Waals surface area contributed by atoms with Gasteiger partial charge in [0.2, 0.25) is 5.91 Å². The Labute approximate surface area is 154 Å². The van der Waals surface area contributed by atoms with Crippen LogP contribution in [0.4, 0.5) is 0 Å². The van der Waals surface area contributed by atoms with Gasteiger partial charge in [-0.2, -0.15) is 0 Å². The van der Waals surface area contributed by atoms with Gasteiger partial charge in [0.1, 0.15) is 0 Å². The monoisotopic (exact) mass is 363 g/mol. The number of hydrogen-bond acceptors (Lipinski definition) is 4. The molecule has 5 nitrogen and oxygen atoms in total. The second-order valence-corrected chi connectivity index (χ2v) is 9.01. The molecule has 1 aromatic rings. The molecule has 0 bridgehead atoms. The molecule has 0 aromatic carbocycles. The quantitative estimate of drug-likeness (QED) is 0.828. The normalized spacial score (nSPS) is 25.2. The number of rotatable bonds is 3. The van der Waals surface area contributed by atoms with Crippen LogP contribution in [0.3, 0.4) is 0 Å². The molecular formula is C19H29N3O2S. The zero-order chi connectivity index (χ0) is 18.0. The molecule has 2 aliphatic rings. The Balaban J connectivity index is 1.47. The summed E-state index contributed by atoms with van der Waals surface area (Å²) in [5, 5.41) is 0. The Kier molecular flexibility index (Phi) is 5.79. The molecule has 1 aromatic heterocycles. The largest absolute Gasteiger partial charge is 0.341 e. The summed E-state index contributed by atoms with van der Waals surface area (Å²) in [4.78, 5) is 33.2. The minimum atomic E-state index is 0.128. The van der Waals surface area contributed by atoms with Gasteiger partial charge in [0.15, 0.2) is 0 Å². The first kappa shape index (κ1) is 18.4. The van der Waals surface area contributed by atoms with Gasteiger partial charge in [0.25, 0.3) is 5.91 Å². The first-order chi connectivity index (χ1) is 11.9. The average molecular weight is 364 g/mol. The minimum absolute atomic E-state index is 0.128. The van der Waals surface area contributed by atoms with E-state index in [2.05, 4.69) is 18.7 Å². The summed E-state index contributed by atoms with van der Waals surface area (Å²) < 4.78 is 0. The molecule has 2 atom stereocenters. The van der Waals surface area contributed by atoms with Crippen LogP contribution in [0.25, 0.3) is 0 Å². The fourth-order valence-electron chi connectivity index (χ4n) is 3.97. The van der Waals surface area contributed by atoms with E-state index in [1.807, 2.05) is 28.9 Å². The van der Waals surface area contributed by atoms with Gasteiger partial charge in [-0.3, -0.25) is 14.5 Å². The number of hydrogen-bond donors (Lipinski definition) is 0. The van der Waals surface area contributed by atoms with E-state index in [-0.39, 0.29) is 11.8 Å². The highest BCUT2D eigenvalue weighted by molar-refractivity contribution is 7.13. The topological polar surface area (TPSA) is 43.9 Å². The van der Waals surface area contributed by atoms with Gasteiger partial charge in [-0.25, -0.2) is 0 Å². The zero-order valence-corrected chi connectivity index (χ0v) is 16.3. The van der Waals surface area contributed by atoms with Gasteiger partial charge >= 0.3 is 0 Å². The Morgan fingerprint density at radius 2 is 1.68 bits per heavy atom. The first-order valence-corrected chi connectivity index (χ1v) is 10.1. The number of carbonyl (C=O) groups is 2. The van der Waals surface area contributed by atoms with Crippen LogP contribution >= 0.6 is 11.3 Å². The van der Waals surface area contributed by atoms with E-state index in [0.717, 1.165) is 35.9 Å². The van der Waals surface area contributed by atoms with Gasteiger partial charge in [-0.05, 0) is 37.3 Å². The molecule has 0 radical (unpaired) electrons. The lowest BCUT2D eigenvalue weighted by Crippen LogP contribution is -2.52. The van der Waals surface area contributed by atoms with Gasteiger partial charge in [-0.15, -0.1) is 11.3 Å². The van der Waals surface area contributed by atoms with Crippen molar-refractivity contribution in [3.63, 3.8) is 0 Å². The van der Waals surface area contributed by atoms with Crippen molar-refractivity contribution in [3.8, 4) is 0 Å². The van der Waals surface area contributed by atoms with E-state index in [9.17, 15) is 9.59 Å². The van der Waals surface area contributed by atoms with Crippen LogP contribution < -0.4 is 0 Å². The number of carbonyl (C=O) groups excluding carboxylic acids is 2. The van der Waals surface area contributed by atoms with Crippen LogP contribution in [0, 0.1) is 18.8 Å². The van der Waals surface area contributed by atoms with Gasteiger partial charge < -0.3 is 9.80 Å². The molecule has 2 saturated heterocycles. The number of aryl methyl sites for hydroxylation is 1. The summed E-state index contributed by atoms with van der Waals surface area (Å²) in [5.41, 5.74) is 0. The van der Waals surface area contributed by atoms with Crippen molar-refractivity contribution in [2.45, 2.75) is 27.2 Å². The Morgan fingerprint density at radius 3 is 2.24 bits per heavy atom. The summed E-state index contributed by atoms with van der Waals surface area (Å²) in [6.45, 7) is 11.7. The molecule has 2 aliphatic heterocycles. The molecule has 6 heteroatoms. The van der Waals surface area contributed by atoms with Crippen molar-refractivity contribution in [2.75, 3.05) is 45.8 Å². The molecule has 3 heterocycles. The maximum Gasteiger partial charge on any atom is 0.264 e. The summed E-state index contributed by atoms with van der Waals surface area (Å²) in [7, 11) is 0. The highest BCUT2D eigenvalue weighted by Crippen LogP contribution is 2.21. The van der Waals surface area contributed by atoms with Crippen LogP contribution in [0.1, 0.15) is 34.8 Å². The standard InChI is InChI=1S/C19H29N3O2S/c1-14-10-15(2)12-22(11-14)18(23)13-20-6-8-21(9-7-20)19(24)17-5-4-16(3)25-17/h4-5,14-15H,6-13H2,1-3H3. The maximum absolute atomic E-state index is 12.6. The zero-order valence-electron chi connectivity index (χ0n) is 15.5. The third-order valence-corrected chi connectivity index (χ3v) is 6.18. The highest BCUT2D eigenvalue weighted by Gasteiger charge is 2.28. The Bertz CT molecular complexity index is 612. The number of piperazine rings is 1. The van der Waals surface area contributed by atoms with Crippen LogP contribution in [0.2, 0.25) is 0 Å². The van der Waals surface area contributed by atoms with Crippen LogP contribution in [0.5, 0.6) is 0 Å². The van der Waals surface area contributed by atoms with Gasteiger partial charge in [0, 0.05) is 44.1 Å². The van der Waals surface area contributed by atoms with E-state index >= 15 is 0 Å². The predicted octanol–water partition coefficient (Wildman–Crippen LogP) is 2.32. The second-order valence-electron chi connectivity index (χ2n) is 7.72. The minimum Gasteiger partial charge on any atom is -0.341 e. The number of piperidine rings is 1. The molecule has 2 amide bonds. The van der Waals surface area contributed by atoms with Gasteiger partial charge in [-0.1, -0.05) is 13.8 Å². The number of nitrogens with zero attached hydrogens (tertiary/aromatic N) is 3. The molecule has 0 N–H and O–H groups in total. The molecule has 138 valence electrons. The second kappa shape index (κ2) is 7.87. The average Bonchev–Trinajstić information content (AvgIpc) is 3.00. The molecule has 0 spiro atoms. The van der Waals surface area contributed by atoms with Crippen LogP contribution in [-0.4, -0.2) is 72.3 Å². The SMILES string of the molecule is Cc1ccc(C(=O)N2CCN(CC(=O)N3CC(C)CC(C)C3)CC2)s1. The highest BCUT2D eigenvalue weighted by atomic mass is 32.1. The van der Waals surface area contributed by atoms with Crippen molar-refractivity contribution in [1.29, 1.82) is 0 Å². The Morgan fingerprint density at radius 1 is 1.04 bits per heavy atom. The van der Waals surface area contributed by atoms with E-state index in [0.29, 0.717) is 31.5 Å². The fraction of sp³-hybridized carbons (Fsp3) is 0.684. The molecule has 2 unspecified atom stereocenters. The predicted molar refractivity (Wildman–Crippen MR) is 101 cm³/mol. The van der Waals surface area contributed by atoms with Crippen LogP contribution in [0.15, 0.2) is 12.1 Å². The van der Waals surface area contributed by atoms with Crippen molar-refractivity contribution in [1.82, 2.24) is 14.7 Å². The summed E-state index contributed by atoms with van der Waals surface area (Å²) in [6, 6.07) is 3.91. The molecule has 2 fully saturated rings. The molecule has 0 aliphatic carbocycles. The van der Waals surface area contributed by atoms with E-state index < -0.39 is 0 Å². The van der Waals surface area contributed by atoms with E-state index in [1.54, 1.807) is 11.3 Å². The number of amides is 2. The smallest absolute Gasteiger partial charge is 0.264 e. The van der Waals surface area contributed by atoms with E-state index in [4.69, 9.17) is 0 Å². The summed E-state index contributed by atoms with van der Waals surface area (Å²) in [5.74, 6) is 1.56. The molecule has 0 saturated carbocycles. The molecule has 25 heavy (non-hydrogen) atoms. The lowest BCUT2D eigenvalue weighted by molar-refractivity contribution is -0.135. The van der Waals surface area contributed by atoms with Crippen molar-refractivity contribution in [2.24, 2.45) is 11.8 Å². The third-order valence-electron chi connectivity index (χ3n) is 5.19. The van der Waals surface area contributed by atoms with Crippen molar-refractivity contribution in [3.05, 3.63) is 21.9 Å². The first-order valence-electron chi connectivity index (χ1n) is 9.28. The van der Waals surface area contributed by atoms with Crippen molar-refractivity contribution >= 4 is 23.2 Å². The van der Waals surface area contributed by atoms with E-state index in [1.165, 1.54) is 6.42 Å². The van der Waals surface area contributed by atoms with Crippen LogP contribution in [-0.2, 0) is 4.79 Å². The lowest BCUT2D eigenvalue weighted by Gasteiger charge is -2.38. The van der Waals surface area contributed by atoms with Crippen molar-refractivity contribution < 1.29 is 9.59 Å². The Hall–Kier alpha value is -1.40. The lowest BCUT2D eigenvalue weighted by atomic mass is 9.92. The third kappa shape index (κ3) is 4.61. The molecular weight excluding hydrogens is 334 g/mol. The fourth-order valence-corrected chi connectivity index (χ4v) is 4.81.